The standard InChI is InChI=1S/C22H26BrN3O2S/c1-16-3-6-18(7-4-16)29(27,28)15-22-20(14-26-11-9-25(2)10-12-26)19-13-17(23)5-8-21(19)24-22/h3-8,13,24H,9-12,14-15H2,1-2H3. The first-order chi connectivity index (χ1) is 13.8. The molecule has 154 valence electrons. The molecule has 0 unspecified atom stereocenters. The Morgan fingerprint density at radius 2 is 1.72 bits per heavy atom. The molecule has 0 radical (unpaired) electrons. The monoisotopic (exact) mass is 475 g/mol. The van der Waals surface area contributed by atoms with Crippen molar-refractivity contribution >= 4 is 36.7 Å². The van der Waals surface area contributed by atoms with Crippen molar-refractivity contribution in [3.63, 3.8) is 0 Å². The van der Waals surface area contributed by atoms with Gasteiger partial charge in [-0.25, -0.2) is 8.42 Å². The summed E-state index contributed by atoms with van der Waals surface area (Å²) in [7, 11) is -1.29. The largest absolute Gasteiger partial charge is 0.357 e. The summed E-state index contributed by atoms with van der Waals surface area (Å²) >= 11 is 3.56. The van der Waals surface area contributed by atoms with Gasteiger partial charge in [-0.1, -0.05) is 33.6 Å². The Morgan fingerprint density at radius 3 is 2.41 bits per heavy atom. The van der Waals surface area contributed by atoms with Crippen LogP contribution < -0.4 is 0 Å². The van der Waals surface area contributed by atoms with Gasteiger partial charge in [0, 0.05) is 53.8 Å². The molecular formula is C22H26BrN3O2S. The summed E-state index contributed by atoms with van der Waals surface area (Å²) in [5.41, 5.74) is 3.90. The summed E-state index contributed by atoms with van der Waals surface area (Å²) in [5.74, 6) is -0.0224. The second-order valence-electron chi connectivity index (χ2n) is 7.92. The number of benzene rings is 2. The maximum atomic E-state index is 13.1. The molecule has 0 amide bonds. The predicted octanol–water partition coefficient (Wildman–Crippen LogP) is 3.96. The molecular weight excluding hydrogens is 450 g/mol. The normalized spacial score (nSPS) is 16.5. The van der Waals surface area contributed by atoms with E-state index in [1.807, 2.05) is 31.2 Å². The summed E-state index contributed by atoms with van der Waals surface area (Å²) in [5, 5.41) is 1.09. The van der Waals surface area contributed by atoms with E-state index in [0.717, 1.165) is 64.9 Å². The number of likely N-dealkylation sites (N-methyl/N-ethyl adjacent to an activating group) is 1. The summed E-state index contributed by atoms with van der Waals surface area (Å²) in [6.07, 6.45) is 0. The number of halogens is 1. The zero-order chi connectivity index (χ0) is 20.6. The highest BCUT2D eigenvalue weighted by Gasteiger charge is 2.23. The van der Waals surface area contributed by atoms with Gasteiger partial charge in [-0.2, -0.15) is 0 Å². The topological polar surface area (TPSA) is 56.4 Å². The van der Waals surface area contributed by atoms with Gasteiger partial charge in [-0.3, -0.25) is 4.90 Å². The molecule has 0 aliphatic carbocycles. The first-order valence-corrected chi connectivity index (χ1v) is 12.3. The van der Waals surface area contributed by atoms with Gasteiger partial charge in [0.05, 0.1) is 10.6 Å². The molecule has 0 saturated carbocycles. The van der Waals surface area contributed by atoms with Crippen molar-refractivity contribution in [3.05, 3.63) is 63.8 Å². The quantitative estimate of drug-likeness (QED) is 0.606. The summed E-state index contributed by atoms with van der Waals surface area (Å²) in [6, 6.07) is 13.2. The molecule has 0 atom stereocenters. The maximum Gasteiger partial charge on any atom is 0.183 e. The van der Waals surface area contributed by atoms with Gasteiger partial charge < -0.3 is 9.88 Å². The number of hydrogen-bond donors (Lipinski definition) is 1. The zero-order valence-electron chi connectivity index (χ0n) is 16.8. The number of aryl methyl sites for hydroxylation is 1. The molecule has 1 aromatic heterocycles. The van der Waals surface area contributed by atoms with Crippen molar-refractivity contribution < 1.29 is 8.42 Å². The van der Waals surface area contributed by atoms with E-state index in [1.165, 1.54) is 0 Å². The second-order valence-corrected chi connectivity index (χ2v) is 10.8. The molecule has 1 aliphatic heterocycles. The molecule has 0 spiro atoms. The summed E-state index contributed by atoms with van der Waals surface area (Å²) < 4.78 is 27.2. The SMILES string of the molecule is Cc1ccc(S(=O)(=O)Cc2[nH]c3ccc(Br)cc3c2CN2CCN(C)CC2)cc1. The molecule has 4 rings (SSSR count). The van der Waals surface area contributed by atoms with E-state index in [9.17, 15) is 8.42 Å². The maximum absolute atomic E-state index is 13.1. The highest BCUT2D eigenvalue weighted by atomic mass is 79.9. The molecule has 1 saturated heterocycles. The number of piperazine rings is 1. The van der Waals surface area contributed by atoms with E-state index < -0.39 is 9.84 Å². The first kappa shape index (κ1) is 20.6. The minimum atomic E-state index is -3.43. The minimum Gasteiger partial charge on any atom is -0.357 e. The van der Waals surface area contributed by atoms with Crippen LogP contribution in [0.3, 0.4) is 0 Å². The van der Waals surface area contributed by atoms with Crippen molar-refractivity contribution in [2.45, 2.75) is 24.1 Å². The van der Waals surface area contributed by atoms with Crippen molar-refractivity contribution in [1.29, 1.82) is 0 Å². The van der Waals surface area contributed by atoms with Crippen molar-refractivity contribution in [2.75, 3.05) is 33.2 Å². The zero-order valence-corrected chi connectivity index (χ0v) is 19.2. The van der Waals surface area contributed by atoms with Crippen molar-refractivity contribution in [2.24, 2.45) is 0 Å². The van der Waals surface area contributed by atoms with Gasteiger partial charge >= 0.3 is 0 Å². The highest BCUT2D eigenvalue weighted by Crippen LogP contribution is 2.30. The summed E-state index contributed by atoms with van der Waals surface area (Å²) in [4.78, 5) is 8.49. The van der Waals surface area contributed by atoms with Crippen LogP contribution in [0.25, 0.3) is 10.9 Å². The van der Waals surface area contributed by atoms with Crippen LogP contribution in [0.4, 0.5) is 0 Å². The molecule has 7 heteroatoms. The number of aromatic amines is 1. The lowest BCUT2D eigenvalue weighted by molar-refractivity contribution is 0.148. The van der Waals surface area contributed by atoms with E-state index in [-0.39, 0.29) is 5.75 Å². The number of nitrogens with zero attached hydrogens (tertiary/aromatic N) is 2. The Morgan fingerprint density at radius 1 is 1.03 bits per heavy atom. The highest BCUT2D eigenvalue weighted by molar-refractivity contribution is 9.10. The molecule has 29 heavy (non-hydrogen) atoms. The molecule has 0 bridgehead atoms. The molecule has 1 aliphatic rings. The molecule has 5 nitrogen and oxygen atoms in total. The van der Waals surface area contributed by atoms with Crippen LogP contribution in [0.5, 0.6) is 0 Å². The van der Waals surface area contributed by atoms with Crippen LogP contribution in [0.2, 0.25) is 0 Å². The van der Waals surface area contributed by atoms with Gasteiger partial charge in [0.25, 0.3) is 0 Å². The Balaban J connectivity index is 1.70. The van der Waals surface area contributed by atoms with E-state index in [2.05, 4.69) is 43.8 Å². The Bertz CT molecular complexity index is 1110. The van der Waals surface area contributed by atoms with E-state index in [1.54, 1.807) is 12.1 Å². The molecule has 1 fully saturated rings. The smallest absolute Gasteiger partial charge is 0.183 e. The third-order valence-electron chi connectivity index (χ3n) is 5.65. The van der Waals surface area contributed by atoms with Crippen molar-refractivity contribution in [1.82, 2.24) is 14.8 Å². The van der Waals surface area contributed by atoms with Gasteiger partial charge in [-0.15, -0.1) is 0 Å². The van der Waals surface area contributed by atoms with E-state index >= 15 is 0 Å². The van der Waals surface area contributed by atoms with E-state index in [4.69, 9.17) is 0 Å². The van der Waals surface area contributed by atoms with Crippen LogP contribution in [0.1, 0.15) is 16.8 Å². The lowest BCUT2D eigenvalue weighted by Gasteiger charge is -2.32. The minimum absolute atomic E-state index is 0.0224. The Kier molecular flexibility index (Phi) is 5.84. The first-order valence-electron chi connectivity index (χ1n) is 9.81. The lowest BCUT2D eigenvalue weighted by atomic mass is 10.1. The fourth-order valence-electron chi connectivity index (χ4n) is 3.83. The van der Waals surface area contributed by atoms with Crippen LogP contribution in [-0.2, 0) is 22.1 Å². The van der Waals surface area contributed by atoms with Crippen LogP contribution in [-0.4, -0.2) is 56.4 Å². The molecule has 2 heterocycles. The van der Waals surface area contributed by atoms with Gasteiger partial charge in [0.1, 0.15) is 0 Å². The lowest BCUT2D eigenvalue weighted by Crippen LogP contribution is -2.44. The fraction of sp³-hybridized carbons (Fsp3) is 0.364. The van der Waals surface area contributed by atoms with Crippen LogP contribution >= 0.6 is 15.9 Å². The number of rotatable bonds is 5. The fourth-order valence-corrected chi connectivity index (χ4v) is 5.53. The third kappa shape index (κ3) is 4.58. The number of sulfone groups is 1. The average Bonchev–Trinajstić information content (AvgIpc) is 3.00. The number of hydrogen-bond acceptors (Lipinski definition) is 4. The van der Waals surface area contributed by atoms with Gasteiger partial charge in [0.15, 0.2) is 9.84 Å². The Hall–Kier alpha value is -1.67. The van der Waals surface area contributed by atoms with Gasteiger partial charge in [0.2, 0.25) is 0 Å². The second kappa shape index (κ2) is 8.22. The molecule has 1 N–H and O–H groups in total. The van der Waals surface area contributed by atoms with Crippen LogP contribution in [0, 0.1) is 6.92 Å². The van der Waals surface area contributed by atoms with Crippen molar-refractivity contribution in [3.8, 4) is 0 Å². The summed E-state index contributed by atoms with van der Waals surface area (Å²) in [6.45, 7) is 6.75. The van der Waals surface area contributed by atoms with Crippen LogP contribution in [0.15, 0.2) is 51.8 Å². The number of H-pyrrole nitrogens is 1. The average molecular weight is 476 g/mol. The molecule has 2 aromatic carbocycles. The number of fused-ring (bicyclic) bond motifs is 1. The predicted molar refractivity (Wildman–Crippen MR) is 121 cm³/mol. The Labute approximate surface area is 180 Å². The molecule has 3 aromatic rings. The number of aromatic nitrogens is 1. The van der Waals surface area contributed by atoms with E-state index in [0.29, 0.717) is 4.90 Å². The van der Waals surface area contributed by atoms with Gasteiger partial charge in [-0.05, 0) is 49.9 Å². The third-order valence-corrected chi connectivity index (χ3v) is 7.80. The number of nitrogens with one attached hydrogen (secondary N) is 1.